The number of benzene rings is 1. The molecule has 1 aromatic heterocycles. The molecule has 154 valence electrons. The zero-order valence-corrected chi connectivity index (χ0v) is 17.7. The minimum absolute atomic E-state index is 0.319. The van der Waals surface area contributed by atoms with E-state index < -0.39 is 5.92 Å². The molecule has 0 fully saturated rings. The van der Waals surface area contributed by atoms with Gasteiger partial charge < -0.3 is 4.74 Å². The largest absolute Gasteiger partial charge is 0.426 e. The Balaban J connectivity index is 1.94. The molecule has 0 bridgehead atoms. The van der Waals surface area contributed by atoms with E-state index in [1.54, 1.807) is 19.1 Å². The quantitative estimate of drug-likeness (QED) is 0.276. The number of carbonyl (C=O) groups is 1. The van der Waals surface area contributed by atoms with Crippen molar-refractivity contribution >= 4 is 5.97 Å². The summed E-state index contributed by atoms with van der Waals surface area (Å²) in [6, 6.07) is 9.37. The Morgan fingerprint density at radius 3 is 2.34 bits per heavy atom. The Kier molecular flexibility index (Phi) is 9.30. The van der Waals surface area contributed by atoms with Gasteiger partial charge in [-0.15, -0.1) is 0 Å². The molecule has 5 nitrogen and oxygen atoms in total. The maximum Gasteiger partial charge on any atom is 0.315 e. The molecular formula is C24H31N3O2. The van der Waals surface area contributed by atoms with Gasteiger partial charge in [-0.25, -0.2) is 9.97 Å². The fraction of sp³-hybridized carbons (Fsp3) is 0.500. The van der Waals surface area contributed by atoms with Crippen molar-refractivity contribution in [3.63, 3.8) is 0 Å². The molecule has 2 rings (SSSR count). The summed E-state index contributed by atoms with van der Waals surface area (Å²) >= 11 is 0. The average molecular weight is 394 g/mol. The number of hydrogen-bond donors (Lipinski definition) is 0. The van der Waals surface area contributed by atoms with Gasteiger partial charge in [0.1, 0.15) is 5.75 Å². The van der Waals surface area contributed by atoms with E-state index in [1.807, 2.05) is 31.5 Å². The lowest BCUT2D eigenvalue weighted by Crippen LogP contribution is -2.24. The number of unbranched alkanes of at least 4 members (excludes halogenated alkanes) is 3. The van der Waals surface area contributed by atoms with Crippen LogP contribution in [-0.2, 0) is 11.2 Å². The number of aromatic nitrogens is 2. The molecule has 1 aromatic carbocycles. The molecule has 0 aliphatic rings. The molecular weight excluding hydrogens is 362 g/mol. The third-order valence-electron chi connectivity index (χ3n) is 5.10. The van der Waals surface area contributed by atoms with Crippen molar-refractivity contribution < 1.29 is 9.53 Å². The normalized spacial score (nSPS) is 12.8. The fourth-order valence-electron chi connectivity index (χ4n) is 3.17. The summed E-state index contributed by atoms with van der Waals surface area (Å²) in [5.41, 5.74) is 2.03. The van der Waals surface area contributed by atoms with Crippen LogP contribution in [0.5, 0.6) is 5.75 Å². The summed E-state index contributed by atoms with van der Waals surface area (Å²) in [6.07, 6.45) is 11.3. The lowest BCUT2D eigenvalue weighted by molar-refractivity contribution is -0.139. The van der Waals surface area contributed by atoms with Crippen LogP contribution in [-0.4, -0.2) is 15.9 Å². The first-order valence-electron chi connectivity index (χ1n) is 10.6. The van der Waals surface area contributed by atoms with E-state index in [1.165, 1.54) is 25.7 Å². The topological polar surface area (TPSA) is 75.9 Å². The number of nitrogens with zero attached hydrogens (tertiary/aromatic N) is 3. The van der Waals surface area contributed by atoms with E-state index in [-0.39, 0.29) is 11.9 Å². The number of hydrogen-bond acceptors (Lipinski definition) is 5. The van der Waals surface area contributed by atoms with Crippen LogP contribution in [0.3, 0.4) is 0 Å². The number of esters is 1. The molecule has 0 amide bonds. The van der Waals surface area contributed by atoms with Crippen LogP contribution >= 0.6 is 0 Å². The maximum absolute atomic E-state index is 12.3. The minimum Gasteiger partial charge on any atom is -0.426 e. The lowest BCUT2D eigenvalue weighted by atomic mass is 9.91. The molecule has 0 radical (unpaired) electrons. The van der Waals surface area contributed by atoms with Gasteiger partial charge in [-0.1, -0.05) is 46.5 Å². The second-order valence-corrected chi connectivity index (χ2v) is 7.48. The number of ether oxygens (including phenoxy) is 1. The van der Waals surface area contributed by atoms with E-state index in [9.17, 15) is 10.1 Å². The van der Waals surface area contributed by atoms with Crippen LogP contribution in [0.2, 0.25) is 0 Å². The predicted molar refractivity (Wildman–Crippen MR) is 114 cm³/mol. The SMILES string of the molecule is CCCCCCc1cnc(-c2ccc(OC(=O)C(C)C(C#N)CCC)cc2)nc1. The van der Waals surface area contributed by atoms with Crippen molar-refractivity contribution in [1.82, 2.24) is 9.97 Å². The molecule has 0 aliphatic carbocycles. The van der Waals surface area contributed by atoms with E-state index >= 15 is 0 Å². The van der Waals surface area contributed by atoms with Crippen molar-refractivity contribution in [2.24, 2.45) is 11.8 Å². The van der Waals surface area contributed by atoms with Crippen LogP contribution in [0.4, 0.5) is 0 Å². The van der Waals surface area contributed by atoms with Gasteiger partial charge in [0.2, 0.25) is 0 Å². The molecule has 5 heteroatoms. The van der Waals surface area contributed by atoms with Crippen LogP contribution < -0.4 is 4.74 Å². The summed E-state index contributed by atoms with van der Waals surface area (Å²) in [5, 5.41) is 9.22. The Bertz CT molecular complexity index is 794. The summed E-state index contributed by atoms with van der Waals surface area (Å²) in [4.78, 5) is 21.2. The summed E-state index contributed by atoms with van der Waals surface area (Å²) in [7, 11) is 0. The molecule has 0 saturated carbocycles. The molecule has 2 atom stereocenters. The predicted octanol–water partition coefficient (Wildman–Crippen LogP) is 5.75. The first kappa shape index (κ1) is 22.5. The fourth-order valence-corrected chi connectivity index (χ4v) is 3.17. The first-order valence-corrected chi connectivity index (χ1v) is 10.6. The molecule has 0 aliphatic heterocycles. The van der Waals surface area contributed by atoms with Crippen LogP contribution in [0.15, 0.2) is 36.7 Å². The molecule has 0 saturated heterocycles. The average Bonchev–Trinajstić information content (AvgIpc) is 2.75. The number of carbonyl (C=O) groups excluding carboxylic acids is 1. The molecule has 1 heterocycles. The van der Waals surface area contributed by atoms with E-state index in [4.69, 9.17) is 4.74 Å². The standard InChI is InChI=1S/C24H31N3O2/c1-4-6-7-8-10-19-16-26-23(27-17-19)20-11-13-22(14-12-20)29-24(28)18(3)21(15-25)9-5-2/h11-14,16-18,21H,4-10H2,1-3H3. The zero-order valence-electron chi connectivity index (χ0n) is 17.7. The molecule has 2 aromatic rings. The highest BCUT2D eigenvalue weighted by Crippen LogP contribution is 2.23. The van der Waals surface area contributed by atoms with E-state index in [0.29, 0.717) is 18.0 Å². The second kappa shape index (κ2) is 12.0. The minimum atomic E-state index is -0.451. The van der Waals surface area contributed by atoms with Crippen molar-refractivity contribution in [2.75, 3.05) is 0 Å². The smallest absolute Gasteiger partial charge is 0.315 e. The summed E-state index contributed by atoms with van der Waals surface area (Å²) in [5.74, 6) is -0.0257. The van der Waals surface area contributed by atoms with Gasteiger partial charge in [0.05, 0.1) is 17.9 Å². The zero-order chi connectivity index (χ0) is 21.1. The van der Waals surface area contributed by atoms with Gasteiger partial charge in [-0.2, -0.15) is 5.26 Å². The molecule has 0 N–H and O–H groups in total. The summed E-state index contributed by atoms with van der Waals surface area (Å²) in [6.45, 7) is 5.96. The van der Waals surface area contributed by atoms with Crippen molar-refractivity contribution in [1.29, 1.82) is 5.26 Å². The Morgan fingerprint density at radius 1 is 1.07 bits per heavy atom. The van der Waals surface area contributed by atoms with Crippen LogP contribution in [0.25, 0.3) is 11.4 Å². The van der Waals surface area contributed by atoms with Crippen LogP contribution in [0.1, 0.15) is 64.9 Å². The van der Waals surface area contributed by atoms with E-state index in [0.717, 1.165) is 24.0 Å². The summed E-state index contributed by atoms with van der Waals surface area (Å²) < 4.78 is 5.45. The number of rotatable bonds is 11. The third-order valence-corrected chi connectivity index (χ3v) is 5.10. The van der Waals surface area contributed by atoms with Gasteiger partial charge in [-0.05, 0) is 49.1 Å². The van der Waals surface area contributed by atoms with Crippen LogP contribution in [0, 0.1) is 23.2 Å². The molecule has 2 unspecified atom stereocenters. The highest BCUT2D eigenvalue weighted by molar-refractivity contribution is 5.75. The van der Waals surface area contributed by atoms with Gasteiger partial charge in [0.15, 0.2) is 5.82 Å². The highest BCUT2D eigenvalue weighted by Gasteiger charge is 2.25. The Morgan fingerprint density at radius 2 is 1.76 bits per heavy atom. The Labute approximate surface area is 174 Å². The van der Waals surface area contributed by atoms with E-state index in [2.05, 4.69) is 23.0 Å². The third kappa shape index (κ3) is 6.98. The monoisotopic (exact) mass is 393 g/mol. The van der Waals surface area contributed by atoms with Gasteiger partial charge in [0.25, 0.3) is 0 Å². The van der Waals surface area contributed by atoms with Crippen molar-refractivity contribution in [2.45, 2.75) is 65.7 Å². The van der Waals surface area contributed by atoms with Crippen molar-refractivity contribution in [3.8, 4) is 23.2 Å². The molecule has 29 heavy (non-hydrogen) atoms. The van der Waals surface area contributed by atoms with Gasteiger partial charge in [0, 0.05) is 18.0 Å². The maximum atomic E-state index is 12.3. The number of aryl methyl sites for hydroxylation is 1. The van der Waals surface area contributed by atoms with Gasteiger partial charge in [-0.3, -0.25) is 4.79 Å². The Hall–Kier alpha value is -2.74. The molecule has 0 spiro atoms. The first-order chi connectivity index (χ1) is 14.1. The lowest BCUT2D eigenvalue weighted by Gasteiger charge is -2.15. The second-order valence-electron chi connectivity index (χ2n) is 7.48. The number of nitriles is 1. The van der Waals surface area contributed by atoms with Crippen molar-refractivity contribution in [3.05, 3.63) is 42.2 Å². The van der Waals surface area contributed by atoms with Gasteiger partial charge >= 0.3 is 5.97 Å². The highest BCUT2D eigenvalue weighted by atomic mass is 16.5.